The first-order valence-corrected chi connectivity index (χ1v) is 13.6. The molecule has 16 nitrogen and oxygen atoms in total. The zero-order chi connectivity index (χ0) is 22.8. The minimum Gasteiger partial charge on any atom is -0.387 e. The third-order valence-corrected chi connectivity index (χ3v) is 11.5. The summed E-state index contributed by atoms with van der Waals surface area (Å²) in [6.07, 6.45) is -4.39. The Morgan fingerprint density at radius 1 is 1.23 bits per heavy atom. The van der Waals surface area contributed by atoms with Gasteiger partial charge in [-0.25, -0.2) is 28.1 Å². The quantitative estimate of drug-likeness (QED) is 0.342. The van der Waals surface area contributed by atoms with Crippen LogP contribution in [0.3, 0.4) is 0 Å². The first-order chi connectivity index (χ1) is 14.3. The Morgan fingerprint density at radius 3 is 2.61 bits per heavy atom. The molecular formula is C12H18N5O11P3. The van der Waals surface area contributed by atoms with Crippen LogP contribution in [0.5, 0.6) is 0 Å². The number of aliphatic hydroxyl groups excluding tert-OH is 2. The summed E-state index contributed by atoms with van der Waals surface area (Å²) < 4.78 is 56.1. The van der Waals surface area contributed by atoms with E-state index >= 15 is 0 Å². The van der Waals surface area contributed by atoms with Gasteiger partial charge in [0.1, 0.15) is 30.5 Å². The zero-order valence-electron chi connectivity index (χ0n) is 15.7. The summed E-state index contributed by atoms with van der Waals surface area (Å²) in [5.41, 5.74) is 6.25. The Hall–Kier alpha value is -1.28. The second-order valence-corrected chi connectivity index (χ2v) is 13.0. The normalized spacial score (nSPS) is 41.1. The van der Waals surface area contributed by atoms with E-state index in [2.05, 4.69) is 23.6 Å². The van der Waals surface area contributed by atoms with Crippen molar-refractivity contribution in [1.82, 2.24) is 19.5 Å². The third-order valence-electron chi connectivity index (χ3n) is 4.52. The maximum atomic E-state index is 12.6. The molecule has 4 rings (SSSR count). The van der Waals surface area contributed by atoms with Crippen molar-refractivity contribution in [2.24, 2.45) is 0 Å². The fraction of sp³-hybridized carbons (Fsp3) is 0.583. The van der Waals surface area contributed by atoms with Gasteiger partial charge in [-0.2, -0.15) is 0 Å². The van der Waals surface area contributed by atoms with Gasteiger partial charge in [0.15, 0.2) is 29.1 Å². The fourth-order valence-electron chi connectivity index (χ4n) is 3.28. The number of rotatable bonds is 4. The summed E-state index contributed by atoms with van der Waals surface area (Å²) in [5, 5.41) is 20.8. The van der Waals surface area contributed by atoms with Gasteiger partial charge in [0, 0.05) is 0 Å². The Kier molecular flexibility index (Phi) is 5.65. The number of aryl methyl sites for hydroxylation is 1. The van der Waals surface area contributed by atoms with Gasteiger partial charge in [0.2, 0.25) is 0 Å². The molecule has 19 heteroatoms. The summed E-state index contributed by atoms with van der Waals surface area (Å²) in [7, 11) is -14.4. The Balaban J connectivity index is 1.55. The maximum Gasteiger partial charge on any atom is 0.486 e. The summed E-state index contributed by atoms with van der Waals surface area (Å²) in [5.74, 6) is -0.750. The van der Waals surface area contributed by atoms with Crippen molar-refractivity contribution in [3.05, 3.63) is 12.2 Å². The van der Waals surface area contributed by atoms with E-state index in [1.165, 1.54) is 10.9 Å². The van der Waals surface area contributed by atoms with Crippen LogP contribution in [0.4, 0.5) is 5.82 Å². The topological polar surface area (TPSA) is 239 Å². The maximum absolute atomic E-state index is 12.6. The van der Waals surface area contributed by atoms with Crippen molar-refractivity contribution in [1.29, 1.82) is 0 Å². The first-order valence-electron chi connectivity index (χ1n) is 8.58. The minimum absolute atomic E-state index is 0.0939. The Bertz CT molecular complexity index is 1140. The van der Waals surface area contributed by atoms with Gasteiger partial charge in [-0.3, -0.25) is 13.7 Å². The highest BCUT2D eigenvalue weighted by atomic mass is 31.3. The molecule has 7 atom stereocenters. The number of aliphatic hydroxyl groups is 2. The van der Waals surface area contributed by atoms with Crippen LogP contribution in [0.25, 0.3) is 11.2 Å². The van der Waals surface area contributed by atoms with Crippen molar-refractivity contribution < 1.29 is 51.6 Å². The van der Waals surface area contributed by atoms with E-state index in [0.717, 1.165) is 0 Å². The smallest absolute Gasteiger partial charge is 0.387 e. The number of nitrogens with zero attached hydrogens (tertiary/aromatic N) is 4. The third kappa shape index (κ3) is 4.34. The molecule has 4 heterocycles. The molecule has 5 unspecified atom stereocenters. The highest BCUT2D eigenvalue weighted by Crippen LogP contribution is 2.78. The van der Waals surface area contributed by atoms with E-state index in [-0.39, 0.29) is 17.0 Å². The number of phosphoric acid groups is 1. The molecule has 2 aliphatic rings. The lowest BCUT2D eigenvalue weighted by atomic mass is 10.1. The second-order valence-electron chi connectivity index (χ2n) is 6.82. The summed E-state index contributed by atoms with van der Waals surface area (Å²) in [4.78, 5) is 30.9. The van der Waals surface area contributed by atoms with E-state index in [1.807, 2.05) is 0 Å². The number of fused-ring (bicyclic) bond motifs is 1. The molecule has 2 fully saturated rings. The molecule has 2 aromatic rings. The van der Waals surface area contributed by atoms with E-state index in [9.17, 15) is 33.7 Å². The predicted octanol–water partition coefficient (Wildman–Crippen LogP) is -0.164. The molecule has 0 bridgehead atoms. The highest BCUT2D eigenvalue weighted by Gasteiger charge is 2.53. The Morgan fingerprint density at radius 2 is 1.94 bits per heavy atom. The van der Waals surface area contributed by atoms with Gasteiger partial charge < -0.3 is 35.0 Å². The second kappa shape index (κ2) is 7.65. The molecule has 2 aliphatic heterocycles. The van der Waals surface area contributed by atoms with Gasteiger partial charge in [-0.15, -0.1) is 0 Å². The molecule has 0 spiro atoms. The van der Waals surface area contributed by atoms with Crippen molar-refractivity contribution >= 4 is 40.0 Å². The zero-order valence-corrected chi connectivity index (χ0v) is 18.3. The van der Waals surface area contributed by atoms with E-state index in [1.54, 1.807) is 6.92 Å². The highest BCUT2D eigenvalue weighted by molar-refractivity contribution is 7.81. The van der Waals surface area contributed by atoms with Crippen LogP contribution in [0.1, 0.15) is 12.1 Å². The molecule has 2 aromatic heterocycles. The molecule has 2 saturated heterocycles. The molecule has 0 saturated carbocycles. The standard InChI is InChI=1S/C12H18N5O11P3/c1-5-16-7-10(13)14-3-15-11(7)17(5)12-9(19)8(18)6(26-12)2-25-30(22)4-29(20,21)27-31(23,24)28-30/h3,6,8-9,12,18-19H,2,4H2,1H3,(H,20,21)(H,23,24)(H2,13,14,15)/t6-,8?,9?,12-,30?/m1/s1. The van der Waals surface area contributed by atoms with Gasteiger partial charge in [0.25, 0.3) is 0 Å². The van der Waals surface area contributed by atoms with E-state index in [0.29, 0.717) is 5.82 Å². The molecule has 0 aromatic carbocycles. The van der Waals surface area contributed by atoms with Crippen molar-refractivity contribution in [2.75, 3.05) is 18.2 Å². The number of nitrogen functional groups attached to an aromatic ring is 1. The van der Waals surface area contributed by atoms with Crippen LogP contribution >= 0.6 is 23.0 Å². The average Bonchev–Trinajstić information content (AvgIpc) is 3.08. The van der Waals surface area contributed by atoms with Crippen molar-refractivity contribution in [2.45, 2.75) is 31.5 Å². The van der Waals surface area contributed by atoms with Crippen LogP contribution in [-0.4, -0.2) is 70.3 Å². The van der Waals surface area contributed by atoms with Gasteiger partial charge in [-0.1, -0.05) is 0 Å². The van der Waals surface area contributed by atoms with Crippen LogP contribution in [0.15, 0.2) is 6.33 Å². The number of anilines is 1. The lowest BCUT2D eigenvalue weighted by Crippen LogP contribution is -2.34. The number of nitrogens with two attached hydrogens (primary N) is 1. The molecule has 0 radical (unpaired) electrons. The van der Waals surface area contributed by atoms with Gasteiger partial charge >= 0.3 is 23.0 Å². The molecular weight excluding hydrogens is 483 g/mol. The van der Waals surface area contributed by atoms with Gasteiger partial charge in [-0.05, 0) is 6.92 Å². The van der Waals surface area contributed by atoms with Crippen LogP contribution in [0.2, 0.25) is 0 Å². The number of ether oxygens (including phenoxy) is 1. The van der Waals surface area contributed by atoms with Crippen molar-refractivity contribution in [3.8, 4) is 0 Å². The van der Waals surface area contributed by atoms with Crippen LogP contribution in [0, 0.1) is 6.92 Å². The van der Waals surface area contributed by atoms with Gasteiger partial charge in [0.05, 0.1) is 6.61 Å². The summed E-state index contributed by atoms with van der Waals surface area (Å²) >= 11 is 0. The Labute approximate surface area is 173 Å². The predicted molar refractivity (Wildman–Crippen MR) is 101 cm³/mol. The average molecular weight is 501 g/mol. The number of hydrogen-bond acceptors (Lipinski definition) is 13. The summed E-state index contributed by atoms with van der Waals surface area (Å²) in [6, 6.07) is 0. The lowest BCUT2D eigenvalue weighted by molar-refractivity contribution is -0.0493. The number of imidazole rings is 1. The number of hydrogen-bond donors (Lipinski definition) is 5. The van der Waals surface area contributed by atoms with E-state index < -0.39 is 60.1 Å². The summed E-state index contributed by atoms with van der Waals surface area (Å²) in [6.45, 7) is 0.869. The number of aromatic nitrogens is 4. The fourth-order valence-corrected chi connectivity index (χ4v) is 10.2. The molecule has 31 heavy (non-hydrogen) atoms. The monoisotopic (exact) mass is 501 g/mol. The molecule has 0 aliphatic carbocycles. The molecule has 172 valence electrons. The van der Waals surface area contributed by atoms with Crippen LogP contribution < -0.4 is 5.73 Å². The molecule has 6 N–H and O–H groups in total. The molecule has 0 amide bonds. The van der Waals surface area contributed by atoms with Crippen LogP contribution in [-0.2, 0) is 31.6 Å². The largest absolute Gasteiger partial charge is 0.486 e. The van der Waals surface area contributed by atoms with E-state index in [4.69, 9.17) is 15.0 Å². The van der Waals surface area contributed by atoms with Crippen molar-refractivity contribution in [3.63, 3.8) is 0 Å². The first kappa shape index (κ1) is 22.9. The SMILES string of the molecule is Cc1nc2c(N)ncnc2n1[C@@H]1O[C@H](COP2(=O)CP(=O)(O)OP(=O)(O)O2)C(O)C1O. The lowest BCUT2D eigenvalue weighted by Gasteiger charge is -2.28. The minimum atomic E-state index is -5.10.